The molecule has 2 N–H and O–H groups in total. The van der Waals surface area contributed by atoms with Crippen molar-refractivity contribution in [2.45, 2.75) is 31.5 Å². The van der Waals surface area contributed by atoms with Gasteiger partial charge in [-0.1, -0.05) is 30.3 Å². The zero-order chi connectivity index (χ0) is 13.7. The number of hydrogen-bond acceptors (Lipinski definition) is 4. The molecule has 19 heavy (non-hydrogen) atoms. The first-order valence-corrected chi connectivity index (χ1v) is 6.36. The first-order chi connectivity index (χ1) is 9.16. The Morgan fingerprint density at radius 2 is 2.11 bits per heavy atom. The lowest BCUT2D eigenvalue weighted by atomic mass is 10.1. The molecule has 1 aromatic rings. The van der Waals surface area contributed by atoms with Gasteiger partial charge < -0.3 is 15.2 Å². The van der Waals surface area contributed by atoms with Gasteiger partial charge in [0, 0.05) is 19.4 Å². The molecule has 102 valence electrons. The van der Waals surface area contributed by atoms with Crippen LogP contribution in [0.3, 0.4) is 0 Å². The van der Waals surface area contributed by atoms with E-state index in [0.29, 0.717) is 19.4 Å². The van der Waals surface area contributed by atoms with E-state index in [1.54, 1.807) is 0 Å². The number of carbonyl (C=O) groups is 2. The van der Waals surface area contributed by atoms with Crippen LogP contribution in [0.5, 0.6) is 0 Å². The maximum Gasteiger partial charge on any atom is 0.306 e. The molecule has 1 fully saturated rings. The van der Waals surface area contributed by atoms with Gasteiger partial charge in [-0.15, -0.1) is 0 Å². The van der Waals surface area contributed by atoms with Crippen molar-refractivity contribution in [3.63, 3.8) is 0 Å². The van der Waals surface area contributed by atoms with Crippen molar-refractivity contribution in [3.8, 4) is 0 Å². The second-order valence-corrected chi connectivity index (χ2v) is 4.54. The summed E-state index contributed by atoms with van der Waals surface area (Å²) in [5.74, 6) is -0.866. The number of aliphatic hydroxyl groups excluding tert-OH is 1. The minimum atomic E-state index is -1.26. The monoisotopic (exact) mass is 263 g/mol. The summed E-state index contributed by atoms with van der Waals surface area (Å²) in [6.45, 7) is 0.423. The molecule has 1 saturated heterocycles. The Bertz CT molecular complexity index is 446. The van der Waals surface area contributed by atoms with Crippen molar-refractivity contribution >= 4 is 11.9 Å². The second-order valence-electron chi connectivity index (χ2n) is 4.54. The number of carbonyl (C=O) groups excluding carboxylic acids is 2. The van der Waals surface area contributed by atoms with Gasteiger partial charge in [0.05, 0.1) is 0 Å². The first-order valence-electron chi connectivity index (χ1n) is 6.36. The molecule has 0 unspecified atom stereocenters. The van der Waals surface area contributed by atoms with Crippen LogP contribution in [0.2, 0.25) is 0 Å². The van der Waals surface area contributed by atoms with Crippen LogP contribution in [0, 0.1) is 0 Å². The van der Waals surface area contributed by atoms with Crippen LogP contribution in [0.1, 0.15) is 18.4 Å². The molecule has 1 aromatic carbocycles. The van der Waals surface area contributed by atoms with Crippen molar-refractivity contribution < 1.29 is 19.4 Å². The third-order valence-electron chi connectivity index (χ3n) is 3.09. The Labute approximate surface area is 111 Å². The summed E-state index contributed by atoms with van der Waals surface area (Å²) in [5.41, 5.74) is 1.06. The lowest BCUT2D eigenvalue weighted by Gasteiger charge is -2.27. The van der Waals surface area contributed by atoms with Crippen LogP contribution in [0.15, 0.2) is 30.3 Å². The summed E-state index contributed by atoms with van der Waals surface area (Å²) in [4.78, 5) is 22.9. The molecule has 5 heteroatoms. The third-order valence-corrected chi connectivity index (χ3v) is 3.09. The third kappa shape index (κ3) is 3.79. The Morgan fingerprint density at radius 3 is 2.84 bits per heavy atom. The van der Waals surface area contributed by atoms with Crippen molar-refractivity contribution in [1.29, 1.82) is 0 Å². The van der Waals surface area contributed by atoms with Gasteiger partial charge in [-0.25, -0.2) is 0 Å². The number of aliphatic hydroxyl groups is 1. The average Bonchev–Trinajstić information content (AvgIpc) is 2.43. The normalized spacial score (nSPS) is 22.7. The van der Waals surface area contributed by atoms with Crippen molar-refractivity contribution in [2.24, 2.45) is 0 Å². The molecular weight excluding hydrogens is 246 g/mol. The number of amides is 1. The van der Waals surface area contributed by atoms with E-state index in [2.05, 4.69) is 5.32 Å². The molecule has 2 rings (SSSR count). The summed E-state index contributed by atoms with van der Waals surface area (Å²) in [6.07, 6.45) is -0.695. The lowest BCUT2D eigenvalue weighted by molar-refractivity contribution is -0.161. The molecule has 0 spiro atoms. The molecule has 1 aliphatic heterocycles. The van der Waals surface area contributed by atoms with E-state index >= 15 is 0 Å². The largest absolute Gasteiger partial charge is 0.459 e. The van der Waals surface area contributed by atoms with E-state index in [0.717, 1.165) is 5.56 Å². The zero-order valence-corrected chi connectivity index (χ0v) is 10.5. The number of aryl methyl sites for hydroxylation is 1. The molecule has 0 saturated carbocycles. The highest BCUT2D eigenvalue weighted by atomic mass is 16.6. The minimum absolute atomic E-state index is 0.245. The maximum absolute atomic E-state index is 11.7. The molecule has 2 atom stereocenters. The van der Waals surface area contributed by atoms with Crippen LogP contribution in [0.25, 0.3) is 0 Å². The Hall–Kier alpha value is -1.88. The summed E-state index contributed by atoms with van der Waals surface area (Å²) in [5, 5.41) is 12.1. The van der Waals surface area contributed by atoms with E-state index < -0.39 is 18.1 Å². The smallest absolute Gasteiger partial charge is 0.306 e. The first kappa shape index (κ1) is 13.5. The molecule has 5 nitrogen and oxygen atoms in total. The molecule has 0 aromatic heterocycles. The fraction of sp³-hybridized carbons (Fsp3) is 0.429. The van der Waals surface area contributed by atoms with E-state index in [1.165, 1.54) is 0 Å². The number of nitrogens with one attached hydrogen (secondary N) is 1. The zero-order valence-electron chi connectivity index (χ0n) is 10.5. The van der Waals surface area contributed by atoms with Gasteiger partial charge in [-0.2, -0.15) is 0 Å². The number of benzene rings is 1. The Morgan fingerprint density at radius 1 is 1.37 bits per heavy atom. The van der Waals surface area contributed by atoms with Crippen LogP contribution < -0.4 is 5.32 Å². The fourth-order valence-corrected chi connectivity index (χ4v) is 2.01. The molecule has 1 amide bonds. The fourth-order valence-electron chi connectivity index (χ4n) is 2.01. The standard InChI is InChI=1S/C14H17NO4/c16-12(7-6-10-4-2-1-3-5-10)19-11-8-9-15-14(18)13(11)17/h1-5,11,13,17H,6-9H2,(H,15,18)/t11-,13+/m0/s1. The summed E-state index contributed by atoms with van der Waals surface area (Å²) in [6, 6.07) is 9.62. The van der Waals surface area contributed by atoms with E-state index in [-0.39, 0.29) is 12.4 Å². The van der Waals surface area contributed by atoms with E-state index in [4.69, 9.17) is 4.74 Å². The molecule has 0 aliphatic carbocycles. The SMILES string of the molecule is O=C(CCc1ccccc1)O[C@H]1CCNC(=O)[C@@H]1O. The van der Waals surface area contributed by atoms with E-state index in [9.17, 15) is 14.7 Å². The lowest BCUT2D eigenvalue weighted by Crippen LogP contribution is -2.50. The van der Waals surface area contributed by atoms with Crippen LogP contribution in [-0.4, -0.2) is 35.7 Å². The van der Waals surface area contributed by atoms with Crippen molar-refractivity contribution in [1.82, 2.24) is 5.32 Å². The number of hydrogen-bond donors (Lipinski definition) is 2. The molecule has 1 heterocycles. The van der Waals surface area contributed by atoms with Gasteiger partial charge in [0.25, 0.3) is 5.91 Å². The highest BCUT2D eigenvalue weighted by Crippen LogP contribution is 2.11. The van der Waals surface area contributed by atoms with Gasteiger partial charge in [0.1, 0.15) is 6.10 Å². The quantitative estimate of drug-likeness (QED) is 0.772. The summed E-state index contributed by atoms with van der Waals surface area (Å²) in [7, 11) is 0. The van der Waals surface area contributed by atoms with Gasteiger partial charge in [-0.3, -0.25) is 9.59 Å². The summed E-state index contributed by atoms with van der Waals surface area (Å²) < 4.78 is 5.15. The number of ether oxygens (including phenoxy) is 1. The second kappa shape index (κ2) is 6.33. The van der Waals surface area contributed by atoms with Crippen LogP contribution in [-0.2, 0) is 20.7 Å². The van der Waals surface area contributed by atoms with Crippen LogP contribution in [0.4, 0.5) is 0 Å². The van der Waals surface area contributed by atoms with Gasteiger partial charge in [0.15, 0.2) is 6.10 Å². The Balaban J connectivity index is 1.79. The Kier molecular flexibility index (Phi) is 4.52. The number of esters is 1. The molecular formula is C14H17NO4. The predicted octanol–water partition coefficient (Wildman–Crippen LogP) is 0.412. The maximum atomic E-state index is 11.7. The van der Waals surface area contributed by atoms with Crippen molar-refractivity contribution in [3.05, 3.63) is 35.9 Å². The number of piperidine rings is 1. The van der Waals surface area contributed by atoms with Gasteiger partial charge in [0.2, 0.25) is 0 Å². The molecule has 0 radical (unpaired) electrons. The highest BCUT2D eigenvalue weighted by Gasteiger charge is 2.32. The van der Waals surface area contributed by atoms with Crippen molar-refractivity contribution in [2.75, 3.05) is 6.54 Å². The summed E-state index contributed by atoms with van der Waals surface area (Å²) >= 11 is 0. The molecule has 1 aliphatic rings. The van der Waals surface area contributed by atoms with Crippen LogP contribution >= 0.6 is 0 Å². The highest BCUT2D eigenvalue weighted by molar-refractivity contribution is 5.82. The number of rotatable bonds is 4. The predicted molar refractivity (Wildman–Crippen MR) is 68.3 cm³/mol. The van der Waals surface area contributed by atoms with Gasteiger partial charge >= 0.3 is 5.97 Å². The average molecular weight is 263 g/mol. The molecule has 0 bridgehead atoms. The van der Waals surface area contributed by atoms with E-state index in [1.807, 2.05) is 30.3 Å². The minimum Gasteiger partial charge on any atom is -0.459 e. The van der Waals surface area contributed by atoms with Gasteiger partial charge in [-0.05, 0) is 12.0 Å². The topological polar surface area (TPSA) is 75.6 Å².